The van der Waals surface area contributed by atoms with Crippen LogP contribution in [-0.4, -0.2) is 24.5 Å². The Bertz CT molecular complexity index is 446. The molecule has 0 saturated carbocycles. The summed E-state index contributed by atoms with van der Waals surface area (Å²) in [5.41, 5.74) is -0.814. The van der Waals surface area contributed by atoms with Crippen LogP contribution in [0.25, 0.3) is 0 Å². The van der Waals surface area contributed by atoms with Crippen molar-refractivity contribution in [2.24, 2.45) is 0 Å². The molecule has 1 aromatic carbocycles. The molecule has 0 N–H and O–H groups in total. The second kappa shape index (κ2) is 5.47. The van der Waals surface area contributed by atoms with Gasteiger partial charge in [0.15, 0.2) is 11.6 Å². The quantitative estimate of drug-likeness (QED) is 0.464. The first-order valence-corrected chi connectivity index (χ1v) is 4.78. The Morgan fingerprint density at radius 1 is 1.35 bits per heavy atom. The summed E-state index contributed by atoms with van der Waals surface area (Å²) < 4.78 is 43.5. The predicted octanol–water partition coefficient (Wildman–Crippen LogP) is 2.05. The maximum absolute atomic E-state index is 13.3. The van der Waals surface area contributed by atoms with Gasteiger partial charge in [0.05, 0.1) is 12.2 Å². The molecule has 0 saturated heterocycles. The fraction of sp³-hybridized carbons (Fsp3) is 0.273. The maximum atomic E-state index is 13.3. The molecule has 92 valence electrons. The van der Waals surface area contributed by atoms with Crippen molar-refractivity contribution in [3.8, 4) is 0 Å². The molecular weight excluding hydrogens is 237 g/mol. The molecule has 17 heavy (non-hydrogen) atoms. The number of esters is 1. The van der Waals surface area contributed by atoms with Gasteiger partial charge < -0.3 is 4.74 Å². The van der Waals surface area contributed by atoms with Crippen molar-refractivity contribution in [2.75, 3.05) is 6.61 Å². The lowest BCUT2D eigenvalue weighted by molar-refractivity contribution is -0.147. The highest BCUT2D eigenvalue weighted by Crippen LogP contribution is 2.15. The number of carbonyl (C=O) groups is 2. The molecule has 1 aromatic rings. The summed E-state index contributed by atoms with van der Waals surface area (Å²) in [5, 5.41) is 0. The van der Waals surface area contributed by atoms with Crippen LogP contribution < -0.4 is 0 Å². The van der Waals surface area contributed by atoms with Gasteiger partial charge in [-0.25, -0.2) is 18.0 Å². The molecule has 0 aliphatic heterocycles. The van der Waals surface area contributed by atoms with Gasteiger partial charge in [-0.2, -0.15) is 0 Å². The molecule has 0 bridgehead atoms. The second-order valence-corrected chi connectivity index (χ2v) is 3.08. The molecule has 1 rings (SSSR count). The Kier molecular flexibility index (Phi) is 4.25. The Hall–Kier alpha value is -1.85. The fourth-order valence-corrected chi connectivity index (χ4v) is 1.15. The molecule has 0 aromatic heterocycles. The van der Waals surface area contributed by atoms with Crippen LogP contribution in [0.1, 0.15) is 17.3 Å². The van der Waals surface area contributed by atoms with Gasteiger partial charge in [0.25, 0.3) is 6.17 Å². The van der Waals surface area contributed by atoms with Gasteiger partial charge in [0.1, 0.15) is 0 Å². The van der Waals surface area contributed by atoms with Crippen molar-refractivity contribution >= 4 is 11.8 Å². The fourth-order valence-electron chi connectivity index (χ4n) is 1.15. The zero-order valence-corrected chi connectivity index (χ0v) is 8.88. The largest absolute Gasteiger partial charge is 0.463 e. The summed E-state index contributed by atoms with van der Waals surface area (Å²) in [4.78, 5) is 22.3. The number of benzene rings is 1. The molecule has 6 heteroatoms. The Balaban J connectivity index is 2.97. The molecule has 1 atom stereocenters. The van der Waals surface area contributed by atoms with Gasteiger partial charge in [-0.1, -0.05) is 6.07 Å². The first kappa shape index (κ1) is 13.2. The third-order valence-electron chi connectivity index (χ3n) is 1.94. The molecule has 3 nitrogen and oxygen atoms in total. The first-order chi connectivity index (χ1) is 7.99. The molecule has 0 fully saturated rings. The number of hydrogen-bond acceptors (Lipinski definition) is 3. The van der Waals surface area contributed by atoms with Gasteiger partial charge >= 0.3 is 5.97 Å². The van der Waals surface area contributed by atoms with Crippen LogP contribution in [0.2, 0.25) is 0 Å². The number of alkyl halides is 1. The van der Waals surface area contributed by atoms with Crippen LogP contribution >= 0.6 is 0 Å². The molecule has 0 amide bonds. The number of rotatable bonds is 4. The average Bonchev–Trinajstić information content (AvgIpc) is 2.31. The number of hydrogen-bond donors (Lipinski definition) is 0. The van der Waals surface area contributed by atoms with Crippen molar-refractivity contribution in [3.63, 3.8) is 0 Å². The molecule has 0 heterocycles. The van der Waals surface area contributed by atoms with E-state index in [0.717, 1.165) is 18.2 Å². The van der Waals surface area contributed by atoms with Crippen LogP contribution in [0.3, 0.4) is 0 Å². The molecule has 0 aliphatic rings. The van der Waals surface area contributed by atoms with Crippen LogP contribution in [0.4, 0.5) is 13.2 Å². The lowest BCUT2D eigenvalue weighted by atomic mass is 10.1. The Labute approximate surface area is 95.2 Å². The Morgan fingerprint density at radius 3 is 2.59 bits per heavy atom. The van der Waals surface area contributed by atoms with Crippen molar-refractivity contribution in [2.45, 2.75) is 13.1 Å². The van der Waals surface area contributed by atoms with E-state index in [1.165, 1.54) is 6.92 Å². The van der Waals surface area contributed by atoms with Crippen molar-refractivity contribution in [1.29, 1.82) is 0 Å². The standard InChI is InChI=1S/C11H9F3O3/c1-2-17-11(16)9(14)10(15)6-4-3-5-7(12)8(6)13/h3-5,9H,2H2,1H3. The van der Waals surface area contributed by atoms with Crippen LogP contribution in [0.15, 0.2) is 18.2 Å². The van der Waals surface area contributed by atoms with E-state index in [9.17, 15) is 22.8 Å². The molecule has 0 aliphatic carbocycles. The number of ether oxygens (including phenoxy) is 1. The second-order valence-electron chi connectivity index (χ2n) is 3.08. The van der Waals surface area contributed by atoms with Crippen molar-refractivity contribution in [1.82, 2.24) is 0 Å². The summed E-state index contributed by atoms with van der Waals surface area (Å²) in [6.45, 7) is 1.32. The number of ketones is 1. The minimum absolute atomic E-state index is 0.113. The predicted molar refractivity (Wildman–Crippen MR) is 52.2 cm³/mol. The third-order valence-corrected chi connectivity index (χ3v) is 1.94. The third kappa shape index (κ3) is 2.83. The maximum Gasteiger partial charge on any atom is 0.349 e. The number of Topliss-reactive ketones (excluding diaryl/α,β-unsaturated/α-hetero) is 1. The van der Waals surface area contributed by atoms with E-state index in [-0.39, 0.29) is 6.61 Å². The highest BCUT2D eigenvalue weighted by atomic mass is 19.2. The smallest absolute Gasteiger partial charge is 0.349 e. The summed E-state index contributed by atoms with van der Waals surface area (Å²) in [6, 6.07) is 2.72. The lowest BCUT2D eigenvalue weighted by Gasteiger charge is -2.07. The summed E-state index contributed by atoms with van der Waals surface area (Å²) in [5.74, 6) is -5.64. The van der Waals surface area contributed by atoms with Gasteiger partial charge in [-0.05, 0) is 19.1 Å². The van der Waals surface area contributed by atoms with E-state index < -0.39 is 35.1 Å². The van der Waals surface area contributed by atoms with E-state index in [2.05, 4.69) is 4.74 Å². The van der Waals surface area contributed by atoms with E-state index >= 15 is 0 Å². The molecule has 0 radical (unpaired) electrons. The zero-order valence-electron chi connectivity index (χ0n) is 8.88. The summed E-state index contributed by atoms with van der Waals surface area (Å²) in [6.07, 6.45) is -2.65. The lowest BCUT2D eigenvalue weighted by Crippen LogP contribution is -2.28. The van der Waals surface area contributed by atoms with Crippen molar-refractivity contribution in [3.05, 3.63) is 35.4 Å². The minimum Gasteiger partial charge on any atom is -0.463 e. The summed E-state index contributed by atoms with van der Waals surface area (Å²) in [7, 11) is 0. The number of halogens is 3. The van der Waals surface area contributed by atoms with Gasteiger partial charge in [-0.15, -0.1) is 0 Å². The van der Waals surface area contributed by atoms with E-state index in [1.807, 2.05) is 0 Å². The van der Waals surface area contributed by atoms with Crippen LogP contribution in [0.5, 0.6) is 0 Å². The normalized spacial score (nSPS) is 12.0. The molecule has 0 spiro atoms. The van der Waals surface area contributed by atoms with Crippen LogP contribution in [0, 0.1) is 11.6 Å². The van der Waals surface area contributed by atoms with Gasteiger partial charge in [0.2, 0.25) is 5.78 Å². The Morgan fingerprint density at radius 2 is 2.00 bits per heavy atom. The number of carbonyl (C=O) groups excluding carboxylic acids is 2. The highest BCUT2D eigenvalue weighted by molar-refractivity contribution is 6.11. The van der Waals surface area contributed by atoms with E-state index in [0.29, 0.717) is 0 Å². The minimum atomic E-state index is -2.65. The summed E-state index contributed by atoms with van der Waals surface area (Å²) >= 11 is 0. The van der Waals surface area contributed by atoms with Crippen LogP contribution in [-0.2, 0) is 9.53 Å². The zero-order chi connectivity index (χ0) is 13.0. The topological polar surface area (TPSA) is 43.4 Å². The van der Waals surface area contributed by atoms with Gasteiger partial charge in [-0.3, -0.25) is 4.79 Å². The van der Waals surface area contributed by atoms with Crippen molar-refractivity contribution < 1.29 is 27.5 Å². The molecular formula is C11H9F3O3. The SMILES string of the molecule is CCOC(=O)C(F)C(=O)c1cccc(F)c1F. The first-order valence-electron chi connectivity index (χ1n) is 4.78. The van der Waals surface area contributed by atoms with Gasteiger partial charge in [0, 0.05) is 0 Å². The average molecular weight is 246 g/mol. The van der Waals surface area contributed by atoms with E-state index in [1.54, 1.807) is 0 Å². The van der Waals surface area contributed by atoms with E-state index in [4.69, 9.17) is 0 Å². The monoisotopic (exact) mass is 246 g/mol. The molecule has 1 unspecified atom stereocenters. The highest BCUT2D eigenvalue weighted by Gasteiger charge is 2.31.